The molecule has 0 radical (unpaired) electrons. The summed E-state index contributed by atoms with van der Waals surface area (Å²) >= 11 is 0. The monoisotopic (exact) mass is 275 g/mol. The van der Waals surface area contributed by atoms with Crippen molar-refractivity contribution in [2.45, 2.75) is 44.8 Å². The van der Waals surface area contributed by atoms with Gasteiger partial charge >= 0.3 is 0 Å². The van der Waals surface area contributed by atoms with E-state index in [1.54, 1.807) is 0 Å². The molecule has 0 spiro atoms. The highest BCUT2D eigenvalue weighted by Crippen LogP contribution is 2.25. The van der Waals surface area contributed by atoms with E-state index < -0.39 is 0 Å². The van der Waals surface area contributed by atoms with Gasteiger partial charge in [-0.1, -0.05) is 24.3 Å². The first-order valence-corrected chi connectivity index (χ1v) is 7.29. The molecule has 0 heterocycles. The number of benzene rings is 1. The van der Waals surface area contributed by atoms with E-state index in [9.17, 15) is 4.79 Å². The second kappa shape index (κ2) is 6.37. The van der Waals surface area contributed by atoms with Crippen LogP contribution in [0.15, 0.2) is 24.3 Å². The second-order valence-corrected chi connectivity index (χ2v) is 5.92. The molecule has 1 saturated carbocycles. The summed E-state index contributed by atoms with van der Waals surface area (Å²) in [5.41, 5.74) is 8.57. The summed E-state index contributed by atoms with van der Waals surface area (Å²) in [7, 11) is 1.97. The minimum atomic E-state index is -0.0326. The number of aryl methyl sites for hydroxylation is 1. The van der Waals surface area contributed by atoms with Crippen LogP contribution in [0.1, 0.15) is 36.9 Å². The molecule has 2 unspecified atom stereocenters. The zero-order valence-corrected chi connectivity index (χ0v) is 12.6. The molecule has 4 heteroatoms. The van der Waals surface area contributed by atoms with E-state index >= 15 is 0 Å². The van der Waals surface area contributed by atoms with Crippen LogP contribution in [0.2, 0.25) is 0 Å². The molecular formula is C16H25N3O. The summed E-state index contributed by atoms with van der Waals surface area (Å²) < 4.78 is 0. The quantitative estimate of drug-likeness (QED) is 0.829. The Morgan fingerprint density at radius 3 is 2.65 bits per heavy atom. The average Bonchev–Trinajstić information content (AvgIpc) is 3.15. The number of rotatable bonds is 6. The third-order valence-corrected chi connectivity index (χ3v) is 3.82. The summed E-state index contributed by atoms with van der Waals surface area (Å²) in [4.78, 5) is 14.0. The highest BCUT2D eigenvalue weighted by molar-refractivity contribution is 5.78. The second-order valence-electron chi connectivity index (χ2n) is 5.92. The third kappa shape index (κ3) is 3.81. The number of nitrogens with two attached hydrogens (primary N) is 1. The molecule has 1 aliphatic carbocycles. The van der Waals surface area contributed by atoms with Gasteiger partial charge in [0.2, 0.25) is 5.91 Å². The first-order chi connectivity index (χ1) is 9.49. The van der Waals surface area contributed by atoms with Crippen molar-refractivity contribution in [3.8, 4) is 0 Å². The predicted octanol–water partition coefficient (Wildman–Crippen LogP) is 1.59. The fourth-order valence-electron chi connectivity index (χ4n) is 2.67. The van der Waals surface area contributed by atoms with Crippen molar-refractivity contribution in [1.82, 2.24) is 10.2 Å². The van der Waals surface area contributed by atoms with E-state index in [0.29, 0.717) is 12.6 Å². The molecule has 1 aromatic rings. The van der Waals surface area contributed by atoms with Crippen LogP contribution in [0, 0.1) is 6.92 Å². The lowest BCUT2D eigenvalue weighted by Crippen LogP contribution is -2.43. The fraction of sp³-hybridized carbons (Fsp3) is 0.562. The third-order valence-electron chi connectivity index (χ3n) is 3.82. The Balaban J connectivity index is 2.07. The van der Waals surface area contributed by atoms with Crippen LogP contribution in [-0.4, -0.2) is 36.5 Å². The molecule has 1 aliphatic rings. The standard InChI is InChI=1S/C16H25N3O/c1-11-6-4-5-7-14(11)16(12(2)17)19(3)10-15(20)18-13-8-9-13/h4-7,12-13,16H,8-10,17H2,1-3H3,(H,18,20). The molecule has 1 aromatic carbocycles. The first kappa shape index (κ1) is 15.0. The molecule has 2 rings (SSSR count). The maximum atomic E-state index is 12.0. The SMILES string of the molecule is Cc1ccccc1C(C(C)N)N(C)CC(=O)NC1CC1. The van der Waals surface area contributed by atoms with Crippen LogP contribution in [0.4, 0.5) is 0 Å². The minimum absolute atomic E-state index is 0.0326. The fourth-order valence-corrected chi connectivity index (χ4v) is 2.67. The van der Waals surface area contributed by atoms with E-state index in [1.807, 2.05) is 31.0 Å². The molecule has 0 bridgehead atoms. The number of hydrogen-bond donors (Lipinski definition) is 2. The molecule has 0 aliphatic heterocycles. The number of likely N-dealkylation sites (N-methyl/N-ethyl adjacent to an activating group) is 1. The van der Waals surface area contributed by atoms with Crippen molar-refractivity contribution in [3.05, 3.63) is 35.4 Å². The van der Waals surface area contributed by atoms with Crippen molar-refractivity contribution in [2.75, 3.05) is 13.6 Å². The average molecular weight is 275 g/mol. The van der Waals surface area contributed by atoms with Gasteiger partial charge in [-0.3, -0.25) is 9.69 Å². The molecule has 2 atom stereocenters. The lowest BCUT2D eigenvalue weighted by molar-refractivity contribution is -0.122. The maximum absolute atomic E-state index is 12.0. The van der Waals surface area contributed by atoms with Gasteiger partial charge in [-0.2, -0.15) is 0 Å². The molecule has 0 saturated heterocycles. The Bertz CT molecular complexity index is 469. The lowest BCUT2D eigenvalue weighted by atomic mass is 9.95. The van der Waals surface area contributed by atoms with Crippen LogP contribution in [0.3, 0.4) is 0 Å². The minimum Gasteiger partial charge on any atom is -0.352 e. The van der Waals surface area contributed by atoms with Crippen LogP contribution in [0.25, 0.3) is 0 Å². The molecule has 20 heavy (non-hydrogen) atoms. The van der Waals surface area contributed by atoms with Crippen LogP contribution in [0.5, 0.6) is 0 Å². The summed E-state index contributed by atoms with van der Waals surface area (Å²) in [6, 6.07) is 8.66. The summed E-state index contributed by atoms with van der Waals surface area (Å²) in [6.07, 6.45) is 2.23. The summed E-state index contributed by atoms with van der Waals surface area (Å²) in [6.45, 7) is 4.46. The van der Waals surface area contributed by atoms with Gasteiger partial charge in [0, 0.05) is 12.1 Å². The molecule has 0 aromatic heterocycles. The van der Waals surface area contributed by atoms with E-state index in [-0.39, 0.29) is 18.0 Å². The Hall–Kier alpha value is -1.39. The van der Waals surface area contributed by atoms with Gasteiger partial charge in [0.15, 0.2) is 0 Å². The van der Waals surface area contributed by atoms with Crippen molar-refractivity contribution in [1.29, 1.82) is 0 Å². The molecule has 110 valence electrons. The first-order valence-electron chi connectivity index (χ1n) is 7.29. The Labute approximate surface area is 121 Å². The number of nitrogens with zero attached hydrogens (tertiary/aromatic N) is 1. The lowest BCUT2D eigenvalue weighted by Gasteiger charge is -2.32. The van der Waals surface area contributed by atoms with Crippen LogP contribution < -0.4 is 11.1 Å². The number of carbonyl (C=O) groups excluding carboxylic acids is 1. The molecule has 1 amide bonds. The molecular weight excluding hydrogens is 250 g/mol. The Morgan fingerprint density at radius 1 is 1.45 bits per heavy atom. The number of carbonyl (C=O) groups is 1. The van der Waals surface area contributed by atoms with E-state index in [1.165, 1.54) is 11.1 Å². The zero-order chi connectivity index (χ0) is 14.7. The van der Waals surface area contributed by atoms with Gasteiger partial charge in [0.1, 0.15) is 0 Å². The topological polar surface area (TPSA) is 58.4 Å². The van der Waals surface area contributed by atoms with Crippen LogP contribution in [-0.2, 0) is 4.79 Å². The van der Waals surface area contributed by atoms with Crippen molar-refractivity contribution in [2.24, 2.45) is 5.73 Å². The highest BCUT2D eigenvalue weighted by Gasteiger charge is 2.27. The summed E-state index contributed by atoms with van der Waals surface area (Å²) in [5, 5.41) is 3.02. The summed E-state index contributed by atoms with van der Waals surface area (Å²) in [5.74, 6) is 0.0919. The Morgan fingerprint density at radius 2 is 2.10 bits per heavy atom. The largest absolute Gasteiger partial charge is 0.352 e. The highest BCUT2D eigenvalue weighted by atomic mass is 16.2. The number of nitrogens with one attached hydrogen (secondary N) is 1. The van der Waals surface area contributed by atoms with Gasteiger partial charge in [-0.05, 0) is 44.9 Å². The maximum Gasteiger partial charge on any atom is 0.234 e. The van der Waals surface area contributed by atoms with Gasteiger partial charge < -0.3 is 11.1 Å². The van der Waals surface area contributed by atoms with Crippen LogP contribution >= 0.6 is 0 Å². The van der Waals surface area contributed by atoms with E-state index in [2.05, 4.69) is 24.4 Å². The predicted molar refractivity (Wildman–Crippen MR) is 81.4 cm³/mol. The van der Waals surface area contributed by atoms with Gasteiger partial charge in [0.25, 0.3) is 0 Å². The van der Waals surface area contributed by atoms with Gasteiger partial charge in [0.05, 0.1) is 12.6 Å². The van der Waals surface area contributed by atoms with E-state index in [0.717, 1.165) is 12.8 Å². The zero-order valence-electron chi connectivity index (χ0n) is 12.6. The normalized spacial score (nSPS) is 17.9. The van der Waals surface area contributed by atoms with Crippen molar-refractivity contribution >= 4 is 5.91 Å². The van der Waals surface area contributed by atoms with Crippen molar-refractivity contribution < 1.29 is 4.79 Å². The number of hydrogen-bond acceptors (Lipinski definition) is 3. The number of amides is 1. The smallest absolute Gasteiger partial charge is 0.234 e. The Kier molecular flexibility index (Phi) is 4.78. The van der Waals surface area contributed by atoms with Crippen molar-refractivity contribution in [3.63, 3.8) is 0 Å². The molecule has 1 fully saturated rings. The van der Waals surface area contributed by atoms with Gasteiger partial charge in [-0.15, -0.1) is 0 Å². The molecule has 4 nitrogen and oxygen atoms in total. The van der Waals surface area contributed by atoms with Gasteiger partial charge in [-0.25, -0.2) is 0 Å². The molecule has 3 N–H and O–H groups in total. The van der Waals surface area contributed by atoms with E-state index in [4.69, 9.17) is 5.73 Å².